The fourth-order valence-electron chi connectivity index (χ4n) is 1.82. The molecule has 1 unspecified atom stereocenters. The highest BCUT2D eigenvalue weighted by Crippen LogP contribution is 2.29. The smallest absolute Gasteiger partial charge is 0.410 e. The molecule has 62 valence electrons. The summed E-state index contributed by atoms with van der Waals surface area (Å²) >= 11 is 5.69. The first-order chi connectivity index (χ1) is 5.33. The second kappa shape index (κ2) is 2.55. The van der Waals surface area contributed by atoms with Crippen LogP contribution in [0.3, 0.4) is 0 Å². The molecule has 2 aliphatic heterocycles. The van der Waals surface area contributed by atoms with E-state index in [1.165, 1.54) is 0 Å². The van der Waals surface area contributed by atoms with Crippen LogP contribution in [-0.4, -0.2) is 35.6 Å². The second-order valence-corrected chi connectivity index (χ2v) is 3.33. The molecule has 2 fully saturated rings. The Balaban J connectivity index is 2.13. The number of rotatable bonds is 1. The normalized spacial score (nSPS) is 35.7. The van der Waals surface area contributed by atoms with Crippen molar-refractivity contribution in [2.45, 2.75) is 24.9 Å². The average molecular weight is 176 g/mol. The van der Waals surface area contributed by atoms with Crippen LogP contribution in [0.5, 0.6) is 0 Å². The van der Waals surface area contributed by atoms with E-state index in [1.54, 1.807) is 4.90 Å². The third-order valence-corrected chi connectivity index (χ3v) is 2.76. The van der Waals surface area contributed by atoms with Gasteiger partial charge in [0.1, 0.15) is 6.61 Å². The second-order valence-electron chi connectivity index (χ2n) is 3.02. The van der Waals surface area contributed by atoms with Crippen LogP contribution in [0.4, 0.5) is 4.79 Å². The number of fused-ring (bicyclic) bond motifs is 1. The first-order valence-electron chi connectivity index (χ1n) is 3.84. The summed E-state index contributed by atoms with van der Waals surface area (Å²) in [7, 11) is 0. The van der Waals surface area contributed by atoms with Crippen molar-refractivity contribution in [3.8, 4) is 0 Å². The number of amides is 1. The first kappa shape index (κ1) is 7.22. The maximum atomic E-state index is 11.1. The van der Waals surface area contributed by atoms with Gasteiger partial charge in [-0.15, -0.1) is 11.6 Å². The zero-order chi connectivity index (χ0) is 7.84. The van der Waals surface area contributed by atoms with E-state index in [1.807, 2.05) is 0 Å². The topological polar surface area (TPSA) is 29.5 Å². The molecule has 11 heavy (non-hydrogen) atoms. The van der Waals surface area contributed by atoms with Crippen LogP contribution >= 0.6 is 11.6 Å². The van der Waals surface area contributed by atoms with Gasteiger partial charge in [-0.2, -0.15) is 0 Å². The third kappa shape index (κ3) is 0.984. The van der Waals surface area contributed by atoms with Gasteiger partial charge in [0.15, 0.2) is 0 Å². The summed E-state index contributed by atoms with van der Waals surface area (Å²) in [6.07, 6.45) is 1.89. The van der Waals surface area contributed by atoms with Crippen molar-refractivity contribution in [2.24, 2.45) is 0 Å². The van der Waals surface area contributed by atoms with Crippen LogP contribution in [0, 0.1) is 0 Å². The van der Waals surface area contributed by atoms with Crippen molar-refractivity contribution in [1.29, 1.82) is 0 Å². The summed E-state index contributed by atoms with van der Waals surface area (Å²) in [5.74, 6) is 0.533. The molecule has 0 bridgehead atoms. The monoisotopic (exact) mass is 175 g/mol. The number of hydrogen-bond donors (Lipinski definition) is 0. The zero-order valence-corrected chi connectivity index (χ0v) is 6.88. The standard InChI is InChI=1S/C7H10ClNO2/c8-3-5-1-2-6-4-11-7(10)9(5)6/h5-6H,1-4H2/t5?,6-/m0/s1. The molecule has 0 aromatic heterocycles. The van der Waals surface area contributed by atoms with Crippen LogP contribution in [0.25, 0.3) is 0 Å². The van der Waals surface area contributed by atoms with Crippen LogP contribution in [-0.2, 0) is 4.74 Å². The van der Waals surface area contributed by atoms with Gasteiger partial charge in [-0.3, -0.25) is 4.90 Å². The van der Waals surface area contributed by atoms with Crippen molar-refractivity contribution < 1.29 is 9.53 Å². The Bertz CT molecular complexity index is 185. The molecule has 1 amide bonds. The molecule has 2 atom stereocenters. The molecular formula is C7H10ClNO2. The summed E-state index contributed by atoms with van der Waals surface area (Å²) in [4.78, 5) is 12.9. The number of alkyl halides is 1. The van der Waals surface area contributed by atoms with Crippen molar-refractivity contribution >= 4 is 17.7 Å². The summed E-state index contributed by atoms with van der Waals surface area (Å²) < 4.78 is 4.88. The van der Waals surface area contributed by atoms with Crippen molar-refractivity contribution in [1.82, 2.24) is 4.90 Å². The maximum absolute atomic E-state index is 11.1. The predicted octanol–water partition coefficient (Wildman–Crippen LogP) is 1.21. The van der Waals surface area contributed by atoms with E-state index < -0.39 is 0 Å². The van der Waals surface area contributed by atoms with Crippen molar-refractivity contribution in [3.63, 3.8) is 0 Å². The van der Waals surface area contributed by atoms with Gasteiger partial charge in [-0.05, 0) is 12.8 Å². The number of nitrogens with zero attached hydrogens (tertiary/aromatic N) is 1. The predicted molar refractivity (Wildman–Crippen MR) is 40.7 cm³/mol. The third-order valence-electron chi connectivity index (χ3n) is 2.41. The lowest BCUT2D eigenvalue weighted by Crippen LogP contribution is -2.35. The van der Waals surface area contributed by atoms with Gasteiger partial charge in [0, 0.05) is 11.9 Å². The lowest BCUT2D eigenvalue weighted by atomic mass is 10.2. The summed E-state index contributed by atoms with van der Waals surface area (Å²) in [6.45, 7) is 0.562. The summed E-state index contributed by atoms with van der Waals surface area (Å²) in [5.41, 5.74) is 0. The molecule has 2 heterocycles. The number of ether oxygens (including phenoxy) is 1. The van der Waals surface area contributed by atoms with E-state index in [-0.39, 0.29) is 12.1 Å². The first-order valence-corrected chi connectivity index (χ1v) is 4.37. The van der Waals surface area contributed by atoms with Gasteiger partial charge >= 0.3 is 6.09 Å². The Morgan fingerprint density at radius 3 is 3.18 bits per heavy atom. The van der Waals surface area contributed by atoms with Crippen molar-refractivity contribution in [3.05, 3.63) is 0 Å². The van der Waals surface area contributed by atoms with Crippen LogP contribution < -0.4 is 0 Å². The minimum Gasteiger partial charge on any atom is -0.447 e. The summed E-state index contributed by atoms with van der Waals surface area (Å²) in [5, 5.41) is 0. The molecule has 3 nitrogen and oxygen atoms in total. The van der Waals surface area contributed by atoms with E-state index in [4.69, 9.17) is 16.3 Å². The molecule has 0 spiro atoms. The molecule has 2 aliphatic rings. The highest BCUT2D eigenvalue weighted by Gasteiger charge is 2.42. The zero-order valence-electron chi connectivity index (χ0n) is 6.12. The highest BCUT2D eigenvalue weighted by molar-refractivity contribution is 6.18. The number of halogens is 1. The molecule has 0 radical (unpaired) electrons. The van der Waals surface area contributed by atoms with Gasteiger partial charge in [0.2, 0.25) is 0 Å². The molecule has 4 heteroatoms. The molecule has 0 aromatic rings. The maximum Gasteiger partial charge on any atom is 0.410 e. The Morgan fingerprint density at radius 2 is 2.45 bits per heavy atom. The molecule has 0 aliphatic carbocycles. The van der Waals surface area contributed by atoms with Crippen LogP contribution in [0.15, 0.2) is 0 Å². The Morgan fingerprint density at radius 1 is 1.64 bits per heavy atom. The lowest BCUT2D eigenvalue weighted by Gasteiger charge is -2.18. The van der Waals surface area contributed by atoms with E-state index in [9.17, 15) is 4.79 Å². The molecule has 0 saturated carbocycles. The Hall–Kier alpha value is -0.440. The molecule has 0 aromatic carbocycles. The molecular weight excluding hydrogens is 166 g/mol. The highest BCUT2D eigenvalue weighted by atomic mass is 35.5. The Labute approximate surface area is 70.3 Å². The van der Waals surface area contributed by atoms with E-state index in [0.717, 1.165) is 12.8 Å². The van der Waals surface area contributed by atoms with Gasteiger partial charge in [-0.1, -0.05) is 0 Å². The fraction of sp³-hybridized carbons (Fsp3) is 0.857. The number of carbonyl (C=O) groups is 1. The minimum atomic E-state index is -0.182. The van der Waals surface area contributed by atoms with Gasteiger partial charge in [0.25, 0.3) is 0 Å². The molecule has 0 N–H and O–H groups in total. The van der Waals surface area contributed by atoms with Crippen LogP contribution in [0.1, 0.15) is 12.8 Å². The molecule has 2 rings (SSSR count). The molecule has 2 saturated heterocycles. The summed E-state index contributed by atoms with van der Waals surface area (Å²) in [6, 6.07) is 0.530. The average Bonchev–Trinajstić information content (AvgIpc) is 2.54. The quantitative estimate of drug-likeness (QED) is 0.561. The van der Waals surface area contributed by atoms with Crippen LogP contribution in [0.2, 0.25) is 0 Å². The van der Waals surface area contributed by atoms with E-state index >= 15 is 0 Å². The van der Waals surface area contributed by atoms with Gasteiger partial charge < -0.3 is 4.74 Å². The minimum absolute atomic E-state index is 0.182. The van der Waals surface area contributed by atoms with Gasteiger partial charge in [0.05, 0.1) is 6.04 Å². The number of carbonyl (C=O) groups excluding carboxylic acids is 1. The fourth-order valence-corrected chi connectivity index (χ4v) is 2.12. The SMILES string of the molecule is O=C1OC[C@@H]2CCC(CCl)N12. The largest absolute Gasteiger partial charge is 0.447 e. The van der Waals surface area contributed by atoms with E-state index in [2.05, 4.69) is 0 Å². The van der Waals surface area contributed by atoms with Crippen molar-refractivity contribution in [2.75, 3.05) is 12.5 Å². The van der Waals surface area contributed by atoms with Gasteiger partial charge in [-0.25, -0.2) is 4.79 Å². The number of hydrogen-bond acceptors (Lipinski definition) is 2. The lowest BCUT2D eigenvalue weighted by molar-refractivity contribution is 0.152. The number of cyclic esters (lactones) is 1. The Kier molecular flexibility index (Phi) is 1.68. The van der Waals surface area contributed by atoms with E-state index in [0.29, 0.717) is 18.5 Å².